The Kier molecular flexibility index (Phi) is 5.62. The van der Waals surface area contributed by atoms with E-state index in [1.54, 1.807) is 6.92 Å². The van der Waals surface area contributed by atoms with Gasteiger partial charge in [0, 0.05) is 10.6 Å². The maximum absolute atomic E-state index is 13.3. The van der Waals surface area contributed by atoms with Gasteiger partial charge in [-0.05, 0) is 64.7 Å². The number of anilines is 1. The van der Waals surface area contributed by atoms with Crippen LogP contribution in [0.25, 0.3) is 10.2 Å². The molecule has 2 aromatic heterocycles. The van der Waals surface area contributed by atoms with E-state index in [0.29, 0.717) is 28.3 Å². The van der Waals surface area contributed by atoms with Gasteiger partial charge >= 0.3 is 0 Å². The molecule has 0 radical (unpaired) electrons. The van der Waals surface area contributed by atoms with E-state index in [1.807, 2.05) is 32.8 Å². The second-order valence-electron chi connectivity index (χ2n) is 7.08. The number of carbonyl (C=O) groups excluding carboxylic acids is 1. The molecule has 1 aromatic carbocycles. The van der Waals surface area contributed by atoms with Crippen molar-refractivity contribution in [2.75, 3.05) is 19.4 Å². The van der Waals surface area contributed by atoms with E-state index >= 15 is 0 Å². The molecule has 0 saturated heterocycles. The molecule has 0 fully saturated rings. The fourth-order valence-corrected chi connectivity index (χ4v) is 4.08. The molecule has 0 saturated carbocycles. The fraction of sp³-hybridized carbons (Fsp3) is 0.350. The zero-order chi connectivity index (χ0) is 20.6. The lowest BCUT2D eigenvalue weighted by Gasteiger charge is -2.21. The number of thiophene rings is 1. The van der Waals surface area contributed by atoms with Crippen LogP contribution in [-0.4, -0.2) is 34.5 Å². The van der Waals surface area contributed by atoms with Gasteiger partial charge < -0.3 is 10.2 Å². The normalized spacial score (nSPS) is 12.5. The number of nitrogens with zero attached hydrogens (tertiary/aromatic N) is 3. The van der Waals surface area contributed by atoms with Crippen LogP contribution >= 0.6 is 11.3 Å². The van der Waals surface area contributed by atoms with Crippen molar-refractivity contribution in [3.05, 3.63) is 56.7 Å². The number of hydrogen-bond acceptors (Lipinski definition) is 5. The van der Waals surface area contributed by atoms with E-state index in [2.05, 4.69) is 5.32 Å². The maximum atomic E-state index is 13.3. The third kappa shape index (κ3) is 3.83. The summed E-state index contributed by atoms with van der Waals surface area (Å²) >= 11 is 1.49. The van der Waals surface area contributed by atoms with Gasteiger partial charge in [0.2, 0.25) is 5.91 Å². The topological polar surface area (TPSA) is 67.2 Å². The Balaban J connectivity index is 2.07. The smallest absolute Gasteiger partial charge is 0.263 e. The van der Waals surface area contributed by atoms with Crippen LogP contribution in [0.4, 0.5) is 10.1 Å². The number of aromatic nitrogens is 2. The van der Waals surface area contributed by atoms with Crippen molar-refractivity contribution in [3.63, 3.8) is 0 Å². The molecular formula is C20H23FN4O2S. The summed E-state index contributed by atoms with van der Waals surface area (Å²) in [6.45, 7) is 5.95. The van der Waals surface area contributed by atoms with Crippen LogP contribution in [0.2, 0.25) is 0 Å². The highest BCUT2D eigenvalue weighted by molar-refractivity contribution is 7.18. The Hall–Kier alpha value is -2.58. The van der Waals surface area contributed by atoms with E-state index < -0.39 is 6.04 Å². The fourth-order valence-electron chi connectivity index (χ4n) is 3.04. The van der Waals surface area contributed by atoms with Crippen molar-refractivity contribution in [1.82, 2.24) is 14.5 Å². The van der Waals surface area contributed by atoms with Gasteiger partial charge in [0.1, 0.15) is 22.5 Å². The van der Waals surface area contributed by atoms with E-state index in [1.165, 1.54) is 40.2 Å². The molecular weight excluding hydrogens is 379 g/mol. The molecule has 0 aliphatic rings. The summed E-state index contributed by atoms with van der Waals surface area (Å²) in [5, 5.41) is 3.30. The number of aryl methyl sites for hydroxylation is 2. The van der Waals surface area contributed by atoms with Crippen molar-refractivity contribution in [1.29, 1.82) is 0 Å². The van der Waals surface area contributed by atoms with Crippen molar-refractivity contribution in [2.45, 2.75) is 33.4 Å². The summed E-state index contributed by atoms with van der Waals surface area (Å²) < 4.78 is 14.6. The highest BCUT2D eigenvalue weighted by Gasteiger charge is 2.24. The summed E-state index contributed by atoms with van der Waals surface area (Å²) in [5.74, 6) is -0.210. The number of amides is 1. The molecule has 0 aliphatic heterocycles. The second-order valence-corrected chi connectivity index (χ2v) is 8.28. The third-order valence-electron chi connectivity index (χ3n) is 4.64. The Morgan fingerprint density at radius 3 is 2.54 bits per heavy atom. The molecule has 1 atom stereocenters. The van der Waals surface area contributed by atoms with Crippen molar-refractivity contribution < 1.29 is 9.18 Å². The molecule has 0 aliphatic carbocycles. The molecule has 1 unspecified atom stereocenters. The van der Waals surface area contributed by atoms with E-state index in [-0.39, 0.29) is 17.3 Å². The SMILES string of the molecule is Cc1sc2nc(CN(C)C)n(C(C)C(=O)Nc3ccc(F)cc3)c(=O)c2c1C. The maximum Gasteiger partial charge on any atom is 0.263 e. The number of halogens is 1. The largest absolute Gasteiger partial charge is 0.324 e. The first-order chi connectivity index (χ1) is 13.2. The first-order valence-corrected chi connectivity index (χ1v) is 9.73. The van der Waals surface area contributed by atoms with Gasteiger partial charge in [-0.1, -0.05) is 0 Å². The average Bonchev–Trinajstić information content (AvgIpc) is 2.90. The molecule has 2 heterocycles. The number of rotatable bonds is 5. The molecule has 0 bridgehead atoms. The van der Waals surface area contributed by atoms with E-state index in [0.717, 1.165) is 10.4 Å². The highest BCUT2D eigenvalue weighted by Crippen LogP contribution is 2.27. The van der Waals surface area contributed by atoms with Crippen LogP contribution in [0, 0.1) is 19.7 Å². The van der Waals surface area contributed by atoms with Crippen LogP contribution in [0.5, 0.6) is 0 Å². The van der Waals surface area contributed by atoms with E-state index in [4.69, 9.17) is 4.98 Å². The summed E-state index contributed by atoms with van der Waals surface area (Å²) in [4.78, 5) is 34.4. The van der Waals surface area contributed by atoms with Gasteiger partial charge in [0.15, 0.2) is 0 Å². The number of hydrogen-bond donors (Lipinski definition) is 1. The molecule has 8 heteroatoms. The van der Waals surface area contributed by atoms with Crippen molar-refractivity contribution >= 4 is 33.1 Å². The Morgan fingerprint density at radius 1 is 1.29 bits per heavy atom. The predicted molar refractivity (Wildman–Crippen MR) is 110 cm³/mol. The molecule has 0 spiro atoms. The summed E-state index contributed by atoms with van der Waals surface area (Å²) in [7, 11) is 3.77. The minimum atomic E-state index is -0.774. The quantitative estimate of drug-likeness (QED) is 0.710. The Morgan fingerprint density at radius 2 is 1.93 bits per heavy atom. The number of fused-ring (bicyclic) bond motifs is 1. The average molecular weight is 402 g/mol. The second kappa shape index (κ2) is 7.81. The van der Waals surface area contributed by atoms with Gasteiger partial charge in [0.05, 0.1) is 11.9 Å². The van der Waals surface area contributed by atoms with Crippen LogP contribution in [0.3, 0.4) is 0 Å². The lowest BCUT2D eigenvalue weighted by Crippen LogP contribution is -2.36. The zero-order valence-corrected chi connectivity index (χ0v) is 17.4. The first-order valence-electron chi connectivity index (χ1n) is 8.91. The van der Waals surface area contributed by atoms with Crippen LogP contribution < -0.4 is 10.9 Å². The molecule has 148 valence electrons. The van der Waals surface area contributed by atoms with E-state index in [9.17, 15) is 14.0 Å². The summed E-state index contributed by atoms with van der Waals surface area (Å²) in [6.07, 6.45) is 0. The Bertz CT molecular complexity index is 1090. The molecule has 28 heavy (non-hydrogen) atoms. The van der Waals surface area contributed by atoms with Crippen LogP contribution in [-0.2, 0) is 11.3 Å². The van der Waals surface area contributed by atoms with Crippen molar-refractivity contribution in [2.24, 2.45) is 0 Å². The van der Waals surface area contributed by atoms with Crippen LogP contribution in [0.15, 0.2) is 29.1 Å². The third-order valence-corrected chi connectivity index (χ3v) is 5.75. The number of carbonyl (C=O) groups is 1. The lowest BCUT2D eigenvalue weighted by molar-refractivity contribution is -0.119. The van der Waals surface area contributed by atoms with Gasteiger partial charge in [0.25, 0.3) is 5.56 Å². The predicted octanol–water partition coefficient (Wildman–Crippen LogP) is 3.48. The van der Waals surface area contributed by atoms with Crippen LogP contribution in [0.1, 0.15) is 29.2 Å². The van der Waals surface area contributed by atoms with Gasteiger partial charge in [-0.25, -0.2) is 9.37 Å². The molecule has 1 amide bonds. The monoisotopic (exact) mass is 402 g/mol. The number of nitrogens with one attached hydrogen (secondary N) is 1. The standard InChI is InChI=1S/C20H23FN4O2S/c1-11-13(3)28-19-17(11)20(27)25(16(23-19)10-24(4)5)12(2)18(26)22-15-8-6-14(21)7-9-15/h6-9,12H,10H2,1-5H3,(H,22,26). The molecule has 3 aromatic rings. The molecule has 3 rings (SSSR count). The van der Waals surface area contributed by atoms with Crippen molar-refractivity contribution in [3.8, 4) is 0 Å². The zero-order valence-electron chi connectivity index (χ0n) is 16.5. The summed E-state index contributed by atoms with van der Waals surface area (Å²) in [5.41, 5.74) is 1.15. The first kappa shape index (κ1) is 20.2. The number of benzene rings is 1. The Labute approximate surface area is 166 Å². The molecule has 6 nitrogen and oxygen atoms in total. The van der Waals surface area contributed by atoms with Gasteiger partial charge in [-0.2, -0.15) is 0 Å². The highest BCUT2D eigenvalue weighted by atomic mass is 32.1. The van der Waals surface area contributed by atoms with Gasteiger partial charge in [-0.3, -0.25) is 14.2 Å². The van der Waals surface area contributed by atoms with Gasteiger partial charge in [-0.15, -0.1) is 11.3 Å². The molecule has 1 N–H and O–H groups in total. The minimum absolute atomic E-state index is 0.217. The lowest BCUT2D eigenvalue weighted by atomic mass is 10.2. The summed E-state index contributed by atoms with van der Waals surface area (Å²) in [6, 6.07) is 4.74. The minimum Gasteiger partial charge on any atom is -0.324 e.